The van der Waals surface area contributed by atoms with Gasteiger partial charge in [0.2, 0.25) is 0 Å². The molecule has 0 bridgehead atoms. The van der Waals surface area contributed by atoms with Gasteiger partial charge >= 0.3 is 0 Å². The van der Waals surface area contributed by atoms with Crippen LogP contribution in [-0.2, 0) is 13.0 Å². The largest absolute Gasteiger partial charge is 0.401 e. The molecule has 0 spiro atoms. The number of hydrogen-bond donors (Lipinski definition) is 3. The van der Waals surface area contributed by atoms with E-state index in [9.17, 15) is 5.26 Å². The third kappa shape index (κ3) is 6.06. The first-order chi connectivity index (χ1) is 12.9. The lowest BCUT2D eigenvalue weighted by atomic mass is 10.0. The van der Waals surface area contributed by atoms with Crippen LogP contribution < -0.4 is 17.3 Å². The van der Waals surface area contributed by atoms with Crippen molar-refractivity contribution in [1.29, 1.82) is 5.26 Å². The van der Waals surface area contributed by atoms with Gasteiger partial charge < -0.3 is 16.5 Å². The molecule has 0 saturated heterocycles. The zero-order valence-electron chi connectivity index (χ0n) is 15.9. The summed E-state index contributed by atoms with van der Waals surface area (Å²) in [4.78, 5) is 8.88. The van der Waals surface area contributed by atoms with Gasteiger partial charge in [0.25, 0.3) is 0 Å². The molecule has 0 amide bonds. The summed E-state index contributed by atoms with van der Waals surface area (Å²) < 4.78 is 0. The number of hydrogen-bond acceptors (Lipinski definition) is 7. The first kappa shape index (κ1) is 20.4. The van der Waals surface area contributed by atoms with Crippen molar-refractivity contribution in [1.82, 2.24) is 15.0 Å². The van der Waals surface area contributed by atoms with Gasteiger partial charge in [-0.1, -0.05) is 13.8 Å². The number of nitrogens with zero attached hydrogens (tertiary/aromatic N) is 4. The SMILES string of the molecule is CC(C)C/C(N)=C/N(N)Cc1cc(C#N)ccc1-c1ncc(CCN)cn1. The summed E-state index contributed by atoms with van der Waals surface area (Å²) in [6, 6.07) is 7.56. The topological polar surface area (TPSA) is 131 Å². The van der Waals surface area contributed by atoms with Gasteiger partial charge in [0.15, 0.2) is 5.82 Å². The Hall–Kier alpha value is -2.95. The van der Waals surface area contributed by atoms with Crippen molar-refractivity contribution in [3.63, 3.8) is 0 Å². The fourth-order valence-corrected chi connectivity index (χ4v) is 2.78. The predicted octanol–water partition coefficient (Wildman–Crippen LogP) is 2.04. The van der Waals surface area contributed by atoms with E-state index in [0.29, 0.717) is 36.1 Å². The summed E-state index contributed by atoms with van der Waals surface area (Å²) in [7, 11) is 0. The lowest BCUT2D eigenvalue weighted by molar-refractivity contribution is 0.381. The maximum Gasteiger partial charge on any atom is 0.159 e. The molecule has 0 unspecified atom stereocenters. The van der Waals surface area contributed by atoms with Crippen molar-refractivity contribution in [3.05, 3.63) is 59.2 Å². The van der Waals surface area contributed by atoms with Crippen LogP contribution in [0.3, 0.4) is 0 Å². The van der Waals surface area contributed by atoms with Crippen LogP contribution in [0.5, 0.6) is 0 Å². The molecule has 0 saturated carbocycles. The Morgan fingerprint density at radius 2 is 2.00 bits per heavy atom. The van der Waals surface area contributed by atoms with E-state index in [1.165, 1.54) is 5.01 Å². The van der Waals surface area contributed by atoms with Crippen LogP contribution in [0.25, 0.3) is 11.4 Å². The maximum atomic E-state index is 9.23. The minimum absolute atomic E-state index is 0.386. The third-order valence-electron chi connectivity index (χ3n) is 3.94. The van der Waals surface area contributed by atoms with E-state index >= 15 is 0 Å². The number of hydrazine groups is 1. The average Bonchev–Trinajstić information content (AvgIpc) is 2.61. The quantitative estimate of drug-likeness (QED) is 0.482. The number of nitriles is 1. The Kier molecular flexibility index (Phi) is 7.29. The Balaban J connectivity index is 2.30. The monoisotopic (exact) mass is 365 g/mol. The molecule has 7 heteroatoms. The molecule has 27 heavy (non-hydrogen) atoms. The summed E-state index contributed by atoms with van der Waals surface area (Å²) in [6.07, 6.45) is 6.78. The van der Waals surface area contributed by atoms with Crippen molar-refractivity contribution in [3.8, 4) is 17.5 Å². The molecule has 0 radical (unpaired) electrons. The molecule has 142 valence electrons. The second-order valence-corrected chi connectivity index (χ2v) is 6.91. The zero-order valence-corrected chi connectivity index (χ0v) is 15.9. The van der Waals surface area contributed by atoms with Crippen molar-refractivity contribution < 1.29 is 0 Å². The van der Waals surface area contributed by atoms with Crippen LogP contribution in [0.4, 0.5) is 0 Å². The lowest BCUT2D eigenvalue weighted by Crippen LogP contribution is -2.26. The molecule has 0 aliphatic rings. The highest BCUT2D eigenvalue weighted by molar-refractivity contribution is 5.62. The molecule has 0 fully saturated rings. The molecule has 0 atom stereocenters. The highest BCUT2D eigenvalue weighted by Crippen LogP contribution is 2.23. The smallest absolute Gasteiger partial charge is 0.159 e. The van der Waals surface area contributed by atoms with Crippen LogP contribution >= 0.6 is 0 Å². The second-order valence-electron chi connectivity index (χ2n) is 6.91. The van der Waals surface area contributed by atoms with Crippen molar-refractivity contribution in [2.24, 2.45) is 23.2 Å². The van der Waals surface area contributed by atoms with E-state index in [1.54, 1.807) is 30.7 Å². The molecular formula is C20H27N7. The van der Waals surface area contributed by atoms with Gasteiger partial charge in [-0.3, -0.25) is 0 Å². The lowest BCUT2D eigenvalue weighted by Gasteiger charge is -2.18. The van der Waals surface area contributed by atoms with Crippen molar-refractivity contribution in [2.75, 3.05) is 6.54 Å². The summed E-state index contributed by atoms with van der Waals surface area (Å²) in [5, 5.41) is 10.8. The van der Waals surface area contributed by atoms with Gasteiger partial charge in [0.05, 0.1) is 18.2 Å². The zero-order chi connectivity index (χ0) is 19.8. The van der Waals surface area contributed by atoms with Crippen molar-refractivity contribution >= 4 is 0 Å². The number of aromatic nitrogens is 2. The summed E-state index contributed by atoms with van der Waals surface area (Å²) >= 11 is 0. The highest BCUT2D eigenvalue weighted by atomic mass is 15.4. The van der Waals surface area contributed by atoms with E-state index in [-0.39, 0.29) is 0 Å². The third-order valence-corrected chi connectivity index (χ3v) is 3.94. The Labute approximate surface area is 160 Å². The molecule has 6 N–H and O–H groups in total. The molecule has 0 aliphatic heterocycles. The number of rotatable bonds is 8. The van der Waals surface area contributed by atoms with Gasteiger partial charge in [-0.05, 0) is 54.6 Å². The Morgan fingerprint density at radius 1 is 1.30 bits per heavy atom. The fraction of sp³-hybridized carbons (Fsp3) is 0.350. The molecule has 2 rings (SSSR count). The standard InChI is InChI=1S/C20H27N7/c1-14(2)7-18(23)13-27(24)12-17-8-15(9-22)3-4-19(17)20-25-10-16(5-6-21)11-26-20/h3-4,8,10-11,13-14H,5-7,12,21,23-24H2,1-2H3/b18-13-. The van der Waals surface area contributed by atoms with Gasteiger partial charge in [-0.15, -0.1) is 0 Å². The molecular weight excluding hydrogens is 338 g/mol. The summed E-state index contributed by atoms with van der Waals surface area (Å²) in [5.74, 6) is 7.16. The van der Waals surface area contributed by atoms with Crippen LogP contribution in [-0.4, -0.2) is 21.5 Å². The van der Waals surface area contributed by atoms with Crippen LogP contribution in [0.1, 0.15) is 37.0 Å². The molecule has 1 heterocycles. The normalized spacial score (nSPS) is 11.5. The van der Waals surface area contributed by atoms with E-state index in [1.807, 2.05) is 6.07 Å². The van der Waals surface area contributed by atoms with Crippen LogP contribution in [0.2, 0.25) is 0 Å². The minimum atomic E-state index is 0.386. The Morgan fingerprint density at radius 3 is 2.59 bits per heavy atom. The molecule has 1 aromatic heterocycles. The van der Waals surface area contributed by atoms with E-state index in [2.05, 4.69) is 29.9 Å². The summed E-state index contributed by atoms with van der Waals surface area (Å²) in [5.41, 5.74) is 15.6. The minimum Gasteiger partial charge on any atom is -0.401 e. The first-order valence-electron chi connectivity index (χ1n) is 8.94. The number of nitrogens with two attached hydrogens (primary N) is 3. The molecule has 0 aliphatic carbocycles. The molecule has 7 nitrogen and oxygen atoms in total. The molecule has 2 aromatic rings. The van der Waals surface area contributed by atoms with E-state index in [0.717, 1.165) is 29.5 Å². The maximum absolute atomic E-state index is 9.23. The van der Waals surface area contributed by atoms with Crippen molar-refractivity contribution in [2.45, 2.75) is 33.2 Å². The van der Waals surface area contributed by atoms with Gasteiger partial charge in [-0.25, -0.2) is 15.8 Å². The second kappa shape index (κ2) is 9.67. The van der Waals surface area contributed by atoms with E-state index in [4.69, 9.17) is 17.3 Å². The van der Waals surface area contributed by atoms with E-state index < -0.39 is 0 Å². The number of allylic oxidation sites excluding steroid dienone is 1. The van der Waals surface area contributed by atoms with Crippen LogP contribution in [0, 0.1) is 17.2 Å². The molecule has 1 aromatic carbocycles. The van der Waals surface area contributed by atoms with Gasteiger partial charge in [0.1, 0.15) is 0 Å². The first-order valence-corrected chi connectivity index (χ1v) is 8.94. The highest BCUT2D eigenvalue weighted by Gasteiger charge is 2.11. The summed E-state index contributed by atoms with van der Waals surface area (Å²) in [6.45, 7) is 5.14. The van der Waals surface area contributed by atoms with Gasteiger partial charge in [0, 0.05) is 29.9 Å². The predicted molar refractivity (Wildman–Crippen MR) is 106 cm³/mol. The fourth-order valence-electron chi connectivity index (χ4n) is 2.78. The number of benzene rings is 1. The average molecular weight is 365 g/mol. The van der Waals surface area contributed by atoms with Gasteiger partial charge in [-0.2, -0.15) is 5.26 Å². The van der Waals surface area contributed by atoms with Crippen LogP contribution in [0.15, 0.2) is 42.5 Å². The Bertz CT molecular complexity index is 819.